The molecule has 3 saturated heterocycles. The van der Waals surface area contributed by atoms with Gasteiger partial charge in [-0.25, -0.2) is 4.98 Å². The highest BCUT2D eigenvalue weighted by Crippen LogP contribution is 2.31. The summed E-state index contributed by atoms with van der Waals surface area (Å²) in [6.07, 6.45) is 8.20. The molecule has 1 aromatic carbocycles. The lowest BCUT2D eigenvalue weighted by Gasteiger charge is -2.51. The van der Waals surface area contributed by atoms with E-state index in [-0.39, 0.29) is 0 Å². The smallest absolute Gasteiger partial charge is 0.222 e. The molecule has 8 nitrogen and oxygen atoms in total. The number of nitrogens with two attached hydrogens (primary N) is 1. The number of likely N-dealkylation sites (N-methyl/N-ethyl adjacent to an activating group) is 1. The van der Waals surface area contributed by atoms with Crippen molar-refractivity contribution in [1.82, 2.24) is 24.3 Å². The molecule has 3 aliphatic heterocycles. The van der Waals surface area contributed by atoms with Crippen LogP contribution in [0.1, 0.15) is 57.1 Å². The van der Waals surface area contributed by atoms with Crippen LogP contribution >= 0.6 is 0 Å². The van der Waals surface area contributed by atoms with E-state index >= 15 is 0 Å². The number of rotatable bonds is 11. The monoisotopic (exact) mass is 491 g/mol. The zero-order valence-electron chi connectivity index (χ0n) is 22.0. The van der Waals surface area contributed by atoms with Gasteiger partial charge in [0, 0.05) is 50.0 Å². The summed E-state index contributed by atoms with van der Waals surface area (Å²) in [6.45, 7) is 10.6. The van der Waals surface area contributed by atoms with Crippen molar-refractivity contribution in [2.75, 3.05) is 44.3 Å². The molecule has 3 N–H and O–H groups in total. The number of methoxy groups -OCH3 is 1. The zero-order chi connectivity index (χ0) is 25.1. The number of anilines is 2. The number of hydrogen-bond donors (Lipinski definition) is 2. The Kier molecular flexibility index (Phi) is 7.62. The number of benzene rings is 1. The molecule has 3 fully saturated rings. The van der Waals surface area contributed by atoms with Crippen molar-refractivity contribution in [3.05, 3.63) is 41.6 Å². The van der Waals surface area contributed by atoms with Crippen molar-refractivity contribution in [2.24, 2.45) is 0 Å². The topological polar surface area (TPSA) is 84.5 Å². The van der Waals surface area contributed by atoms with Crippen LogP contribution in [0.25, 0.3) is 11.0 Å². The van der Waals surface area contributed by atoms with Gasteiger partial charge in [0.05, 0.1) is 19.2 Å². The van der Waals surface area contributed by atoms with Crippen LogP contribution in [0.2, 0.25) is 0 Å². The normalized spacial score (nSPS) is 20.3. The Morgan fingerprint density at radius 1 is 1.03 bits per heavy atom. The number of unbranched alkanes of at least 4 members (excludes halogenated alkanes) is 2. The molecule has 3 aromatic rings. The van der Waals surface area contributed by atoms with Gasteiger partial charge in [0.25, 0.3) is 0 Å². The molecule has 2 unspecified atom stereocenters. The molecule has 5 heterocycles. The minimum atomic E-state index is 0.300. The van der Waals surface area contributed by atoms with Gasteiger partial charge in [-0.1, -0.05) is 38.8 Å². The van der Waals surface area contributed by atoms with E-state index in [1.165, 1.54) is 50.9 Å². The van der Waals surface area contributed by atoms with Gasteiger partial charge in [-0.05, 0) is 43.5 Å². The Bertz CT molecular complexity index is 1180. The molecule has 0 radical (unpaired) electrons. The summed E-state index contributed by atoms with van der Waals surface area (Å²) in [5.41, 5.74) is 10.3. The Morgan fingerprint density at radius 2 is 1.83 bits per heavy atom. The highest BCUT2D eigenvalue weighted by molar-refractivity contribution is 5.87. The highest BCUT2D eigenvalue weighted by atomic mass is 16.5. The summed E-state index contributed by atoms with van der Waals surface area (Å²) in [4.78, 5) is 14.3. The van der Waals surface area contributed by atoms with E-state index < -0.39 is 0 Å². The Hall–Kier alpha value is -2.84. The molecule has 2 bridgehead atoms. The second-order valence-electron chi connectivity index (χ2n) is 10.3. The summed E-state index contributed by atoms with van der Waals surface area (Å²) in [6, 6.07) is 10.1. The van der Waals surface area contributed by atoms with E-state index in [0.29, 0.717) is 24.6 Å². The minimum absolute atomic E-state index is 0.300. The Balaban J connectivity index is 1.33. The summed E-state index contributed by atoms with van der Waals surface area (Å²) in [5, 5.41) is 3.49. The summed E-state index contributed by atoms with van der Waals surface area (Å²) >= 11 is 0. The van der Waals surface area contributed by atoms with Crippen molar-refractivity contribution in [2.45, 2.75) is 71.1 Å². The maximum absolute atomic E-state index is 6.00. The average molecular weight is 492 g/mol. The number of nitrogen functional groups attached to an aromatic ring is 1. The van der Waals surface area contributed by atoms with Crippen LogP contribution in [0.15, 0.2) is 30.5 Å². The predicted molar refractivity (Wildman–Crippen MR) is 147 cm³/mol. The van der Waals surface area contributed by atoms with Crippen molar-refractivity contribution >= 4 is 22.8 Å². The van der Waals surface area contributed by atoms with E-state index in [4.69, 9.17) is 10.5 Å². The maximum atomic E-state index is 6.00. The van der Waals surface area contributed by atoms with Crippen molar-refractivity contribution in [3.63, 3.8) is 0 Å². The van der Waals surface area contributed by atoms with Crippen LogP contribution in [0, 0.1) is 0 Å². The first kappa shape index (κ1) is 24.8. The molecule has 36 heavy (non-hydrogen) atoms. The molecule has 0 aliphatic carbocycles. The third kappa shape index (κ3) is 5.15. The van der Waals surface area contributed by atoms with Crippen LogP contribution in [0.3, 0.4) is 0 Å². The maximum Gasteiger partial charge on any atom is 0.222 e. The molecule has 3 aliphatic rings. The number of fused-ring (bicyclic) bond motifs is 4. The molecule has 8 heteroatoms. The van der Waals surface area contributed by atoms with Gasteiger partial charge in [-0.15, -0.1) is 0 Å². The van der Waals surface area contributed by atoms with Crippen LogP contribution in [0.5, 0.6) is 5.75 Å². The first-order valence-electron chi connectivity index (χ1n) is 13.6. The number of nitrogens with zero attached hydrogens (tertiary/aromatic N) is 5. The van der Waals surface area contributed by atoms with Crippen LogP contribution in [-0.2, 0) is 13.1 Å². The predicted octanol–water partition coefficient (Wildman–Crippen LogP) is 4.34. The largest absolute Gasteiger partial charge is 0.496 e. The third-order valence-corrected chi connectivity index (χ3v) is 7.94. The molecule has 194 valence electrons. The number of ether oxygens (including phenoxy) is 1. The van der Waals surface area contributed by atoms with Gasteiger partial charge in [0.1, 0.15) is 11.3 Å². The molecule has 2 atom stereocenters. The fraction of sp³-hybridized carbons (Fsp3) is 0.571. The standard InChI is InChI=1S/C28H41N7O/c1-4-6-7-13-30-27-26-24(31-28(29)32-27)12-14-34(26)17-21-9-8-20(15-25(21)36-3)16-35-19-22-10-11-23(35)18-33(22)5-2/h8-9,12,14-15,22-23H,4-7,10-11,13,16-19H2,1-3H3,(H3,29,30,31,32). The van der Waals surface area contributed by atoms with Crippen LogP contribution in [0.4, 0.5) is 11.8 Å². The van der Waals surface area contributed by atoms with E-state index in [0.717, 1.165) is 47.7 Å². The molecule has 6 rings (SSSR count). The Morgan fingerprint density at radius 3 is 2.56 bits per heavy atom. The zero-order valence-corrected chi connectivity index (χ0v) is 22.0. The Labute approximate surface area is 214 Å². The van der Waals surface area contributed by atoms with Gasteiger partial charge >= 0.3 is 0 Å². The fourth-order valence-electron chi connectivity index (χ4n) is 5.98. The summed E-state index contributed by atoms with van der Waals surface area (Å²) in [7, 11) is 1.77. The van der Waals surface area contributed by atoms with E-state index in [1.807, 2.05) is 6.07 Å². The van der Waals surface area contributed by atoms with Gasteiger partial charge < -0.3 is 20.4 Å². The lowest BCUT2D eigenvalue weighted by molar-refractivity contribution is -0.0222. The quantitative estimate of drug-likeness (QED) is 0.386. The summed E-state index contributed by atoms with van der Waals surface area (Å²) in [5.74, 6) is 2.03. The molecule has 2 aromatic heterocycles. The number of hydrogen-bond acceptors (Lipinski definition) is 7. The van der Waals surface area contributed by atoms with Gasteiger partial charge in [-0.3, -0.25) is 9.80 Å². The lowest BCUT2D eigenvalue weighted by Crippen LogP contribution is -2.61. The summed E-state index contributed by atoms with van der Waals surface area (Å²) < 4.78 is 8.06. The molecular weight excluding hydrogens is 450 g/mol. The minimum Gasteiger partial charge on any atom is -0.496 e. The lowest BCUT2D eigenvalue weighted by atomic mass is 9.90. The van der Waals surface area contributed by atoms with E-state index in [9.17, 15) is 0 Å². The fourth-order valence-corrected chi connectivity index (χ4v) is 5.98. The van der Waals surface area contributed by atoms with Crippen LogP contribution < -0.4 is 15.8 Å². The third-order valence-electron chi connectivity index (χ3n) is 7.94. The SMILES string of the molecule is CCCCCNc1nc(N)nc2ccn(Cc3ccc(CN4CC5CCC4CN5CC)cc3OC)c12. The van der Waals surface area contributed by atoms with Gasteiger partial charge in [0.2, 0.25) is 5.95 Å². The number of nitrogens with one attached hydrogen (secondary N) is 1. The number of piperazine rings is 1. The van der Waals surface area contributed by atoms with E-state index in [1.54, 1.807) is 7.11 Å². The van der Waals surface area contributed by atoms with Crippen LogP contribution in [-0.4, -0.2) is 69.7 Å². The number of aromatic nitrogens is 3. The van der Waals surface area contributed by atoms with Crippen molar-refractivity contribution in [3.8, 4) is 5.75 Å². The second-order valence-corrected chi connectivity index (χ2v) is 10.3. The molecule has 0 spiro atoms. The average Bonchev–Trinajstić information content (AvgIpc) is 3.30. The first-order chi connectivity index (χ1) is 17.6. The second kappa shape index (κ2) is 11.0. The van der Waals surface area contributed by atoms with Gasteiger partial charge in [0.15, 0.2) is 5.82 Å². The molecule has 0 saturated carbocycles. The molecular formula is C28H41N7O. The first-order valence-corrected chi connectivity index (χ1v) is 13.6. The van der Waals surface area contributed by atoms with E-state index in [2.05, 4.69) is 67.9 Å². The van der Waals surface area contributed by atoms with Crippen molar-refractivity contribution < 1.29 is 4.74 Å². The molecule has 0 amide bonds. The van der Waals surface area contributed by atoms with Crippen molar-refractivity contribution in [1.29, 1.82) is 0 Å². The van der Waals surface area contributed by atoms with Gasteiger partial charge in [-0.2, -0.15) is 4.98 Å². The number of piperidine rings is 2. The highest BCUT2D eigenvalue weighted by Gasteiger charge is 2.37.